The van der Waals surface area contributed by atoms with Crippen LogP contribution in [-0.4, -0.2) is 5.91 Å². The van der Waals surface area contributed by atoms with Gasteiger partial charge in [0.2, 0.25) is 5.91 Å². The molecule has 0 aliphatic heterocycles. The van der Waals surface area contributed by atoms with Crippen molar-refractivity contribution in [3.05, 3.63) is 0 Å². The minimum absolute atomic E-state index is 0.333. The molecule has 0 saturated heterocycles. The number of nitrogens with two attached hydrogens (primary N) is 1. The largest absolute Gasteiger partial charge is 0.370 e. The normalized spacial score (nSPS) is 4.50. The van der Waals surface area contributed by atoms with Crippen LogP contribution in [0.1, 0.15) is 6.92 Å². The maximum atomic E-state index is 9.22. The second-order valence-corrected chi connectivity index (χ2v) is 0.611. The van der Waals surface area contributed by atoms with E-state index in [2.05, 4.69) is 12.3 Å². The van der Waals surface area contributed by atoms with Crippen molar-refractivity contribution < 1.29 is 4.79 Å². The Hall–Kier alpha value is -1.04. The van der Waals surface area contributed by atoms with Crippen molar-refractivity contribution in [3.8, 4) is 6.57 Å². The Labute approximate surface area is 36.4 Å². The molecule has 3 heteroatoms. The zero-order chi connectivity index (χ0) is 5.58. The van der Waals surface area contributed by atoms with Crippen LogP contribution in [0.25, 0.3) is 0 Å². The summed E-state index contributed by atoms with van der Waals surface area (Å²) in [4.78, 5) is 9.22. The van der Waals surface area contributed by atoms with E-state index in [0.29, 0.717) is 0 Å². The maximum Gasteiger partial charge on any atom is 0.214 e. The molecule has 2 N–H and O–H groups in total. The van der Waals surface area contributed by atoms with Gasteiger partial charge in [-0.1, -0.05) is 0 Å². The van der Waals surface area contributed by atoms with Crippen LogP contribution in [0.2, 0.25) is 0 Å². The van der Waals surface area contributed by atoms with Crippen LogP contribution < -0.4 is 5.73 Å². The average molecular weight is 86.1 g/mol. The minimum Gasteiger partial charge on any atom is -0.370 e. The molecule has 0 radical (unpaired) electrons. The number of rotatable bonds is 0. The molecule has 0 aromatic carbocycles. The molecule has 1 amide bonds. The highest BCUT2D eigenvalue weighted by molar-refractivity contribution is 5.70. The number of primary amides is 1. The summed E-state index contributed by atoms with van der Waals surface area (Å²) in [6, 6.07) is 0. The number of carbonyl (C=O) groups is 1. The molecule has 0 spiro atoms. The molecule has 0 aromatic rings. The van der Waals surface area contributed by atoms with Gasteiger partial charge >= 0.3 is 0 Å². The van der Waals surface area contributed by atoms with Crippen LogP contribution in [0.5, 0.6) is 0 Å². The number of nitriles is 1. The predicted molar refractivity (Wildman–Crippen MR) is 21.5 cm³/mol. The first-order chi connectivity index (χ1) is 2.73. The third-order valence-electron chi connectivity index (χ3n) is 0. The molecule has 0 aromatic heterocycles. The van der Waals surface area contributed by atoms with Crippen LogP contribution in [0, 0.1) is 11.8 Å². The van der Waals surface area contributed by atoms with Crippen molar-refractivity contribution in [2.24, 2.45) is 5.73 Å². The average Bonchev–Trinajstić information content (AvgIpc) is 1.41. The molecule has 0 aliphatic carbocycles. The summed E-state index contributed by atoms with van der Waals surface area (Å²) in [7, 11) is 0. The third-order valence-corrected chi connectivity index (χ3v) is 0. The Bertz CT molecular complexity index is 53.1. The SMILES string of the molecule is C#N.CC(N)=O. The molecule has 6 heavy (non-hydrogen) atoms. The van der Waals surface area contributed by atoms with E-state index in [4.69, 9.17) is 5.26 Å². The number of nitrogens with zero attached hydrogens (tertiary/aromatic N) is 1. The van der Waals surface area contributed by atoms with Crippen molar-refractivity contribution in [2.45, 2.75) is 6.92 Å². The molecule has 0 rings (SSSR count). The first kappa shape index (κ1) is 8.88. The molecule has 0 saturated carbocycles. The second-order valence-electron chi connectivity index (χ2n) is 0.611. The van der Waals surface area contributed by atoms with Gasteiger partial charge in [0, 0.05) is 13.5 Å². The molecule has 0 atom stereocenters. The molecular weight excluding hydrogens is 80.0 g/mol. The summed E-state index contributed by atoms with van der Waals surface area (Å²) in [5.41, 5.74) is 4.47. The van der Waals surface area contributed by atoms with E-state index in [1.807, 2.05) is 0 Å². The number of hydrogen-bond acceptors (Lipinski definition) is 2. The summed E-state index contributed by atoms with van der Waals surface area (Å²) in [6.07, 6.45) is 0. The van der Waals surface area contributed by atoms with E-state index in [-0.39, 0.29) is 5.91 Å². The first-order valence-electron chi connectivity index (χ1n) is 1.25. The number of hydrogen-bond donors (Lipinski definition) is 1. The van der Waals surface area contributed by atoms with Gasteiger partial charge in [-0.05, 0) is 0 Å². The van der Waals surface area contributed by atoms with Crippen LogP contribution in [0.3, 0.4) is 0 Å². The highest BCUT2D eigenvalue weighted by atomic mass is 16.1. The summed E-state index contributed by atoms with van der Waals surface area (Å²) in [6.45, 7) is 4.81. The van der Waals surface area contributed by atoms with E-state index >= 15 is 0 Å². The quantitative estimate of drug-likeness (QED) is 0.437. The van der Waals surface area contributed by atoms with Gasteiger partial charge in [-0.15, -0.1) is 0 Å². The lowest BCUT2D eigenvalue weighted by Crippen LogP contribution is -2.01. The standard InChI is InChI=1S/C2H5NO.CHN/c1-2(3)4;1-2/h1H3,(H2,3,4);1H. The first-order valence-corrected chi connectivity index (χ1v) is 1.25. The van der Waals surface area contributed by atoms with Crippen LogP contribution in [0.15, 0.2) is 0 Å². The van der Waals surface area contributed by atoms with Gasteiger partial charge in [0.25, 0.3) is 0 Å². The molecule has 0 aliphatic rings. The monoisotopic (exact) mass is 86.0 g/mol. The van der Waals surface area contributed by atoms with Crippen molar-refractivity contribution in [1.29, 1.82) is 5.26 Å². The Morgan fingerprint density at radius 3 is 1.83 bits per heavy atom. The Morgan fingerprint density at radius 2 is 1.83 bits per heavy atom. The Morgan fingerprint density at radius 1 is 1.83 bits per heavy atom. The van der Waals surface area contributed by atoms with Gasteiger partial charge in [0.1, 0.15) is 0 Å². The van der Waals surface area contributed by atoms with Gasteiger partial charge < -0.3 is 5.73 Å². The fourth-order valence-corrected chi connectivity index (χ4v) is 0. The Balaban J connectivity index is 0. The zero-order valence-corrected chi connectivity index (χ0v) is 3.51. The van der Waals surface area contributed by atoms with Gasteiger partial charge in [-0.25, -0.2) is 5.26 Å². The van der Waals surface area contributed by atoms with Crippen LogP contribution in [0.4, 0.5) is 0 Å². The summed E-state index contributed by atoms with van der Waals surface area (Å²) in [5.74, 6) is -0.333. The van der Waals surface area contributed by atoms with E-state index in [1.165, 1.54) is 6.92 Å². The van der Waals surface area contributed by atoms with E-state index in [9.17, 15) is 4.79 Å². The highest BCUT2D eigenvalue weighted by Crippen LogP contribution is 1.33. The minimum atomic E-state index is -0.333. The predicted octanol–water partition coefficient (Wildman–Crippen LogP) is -0.369. The molecule has 0 unspecified atom stereocenters. The van der Waals surface area contributed by atoms with Crippen molar-refractivity contribution in [3.63, 3.8) is 0 Å². The summed E-state index contributed by atoms with van der Waals surface area (Å²) < 4.78 is 0. The highest BCUT2D eigenvalue weighted by Gasteiger charge is 1.61. The molecule has 34 valence electrons. The number of amides is 1. The van der Waals surface area contributed by atoms with Gasteiger partial charge in [0.05, 0.1) is 0 Å². The number of carbonyl (C=O) groups excluding carboxylic acids is 1. The third kappa shape index (κ3) is 10.5. The fraction of sp³-hybridized carbons (Fsp3) is 0.333. The van der Waals surface area contributed by atoms with Crippen LogP contribution in [-0.2, 0) is 4.79 Å². The summed E-state index contributed by atoms with van der Waals surface area (Å²) in [5, 5.41) is 6.50. The molecule has 0 bridgehead atoms. The fourth-order valence-electron chi connectivity index (χ4n) is 0. The van der Waals surface area contributed by atoms with E-state index in [1.54, 1.807) is 0 Å². The van der Waals surface area contributed by atoms with Crippen molar-refractivity contribution in [1.82, 2.24) is 0 Å². The van der Waals surface area contributed by atoms with E-state index in [0.717, 1.165) is 0 Å². The molecular formula is C3H6N2O. The summed E-state index contributed by atoms with van der Waals surface area (Å²) >= 11 is 0. The molecule has 3 nitrogen and oxygen atoms in total. The van der Waals surface area contributed by atoms with Gasteiger partial charge in [0.15, 0.2) is 0 Å². The lowest BCUT2D eigenvalue weighted by molar-refractivity contribution is -0.115. The maximum absolute atomic E-state index is 9.22. The Kier molecular flexibility index (Phi) is 13.4. The van der Waals surface area contributed by atoms with Crippen LogP contribution >= 0.6 is 0 Å². The lowest BCUT2D eigenvalue weighted by atomic mass is 10.8. The lowest BCUT2D eigenvalue weighted by Gasteiger charge is -1.60. The van der Waals surface area contributed by atoms with E-state index < -0.39 is 0 Å². The molecule has 0 fully saturated rings. The smallest absolute Gasteiger partial charge is 0.214 e. The topological polar surface area (TPSA) is 66.9 Å². The van der Waals surface area contributed by atoms with Gasteiger partial charge in [-0.2, -0.15) is 0 Å². The molecule has 0 heterocycles. The second kappa shape index (κ2) is 9.03. The van der Waals surface area contributed by atoms with Crippen molar-refractivity contribution in [2.75, 3.05) is 0 Å². The van der Waals surface area contributed by atoms with Gasteiger partial charge in [-0.3, -0.25) is 4.79 Å². The van der Waals surface area contributed by atoms with Crippen molar-refractivity contribution >= 4 is 5.91 Å². The zero-order valence-electron chi connectivity index (χ0n) is 3.51.